The van der Waals surface area contributed by atoms with Crippen LogP contribution < -0.4 is 5.32 Å². The Hall–Kier alpha value is -1.83. The van der Waals surface area contributed by atoms with Crippen molar-refractivity contribution in [3.63, 3.8) is 0 Å². The Kier molecular flexibility index (Phi) is 1.96. The molecular weight excluding hydrogens is 162 g/mol. The average Bonchev–Trinajstić information content (AvgIpc) is 2.38. The van der Waals surface area contributed by atoms with Gasteiger partial charge in [-0.1, -0.05) is 36.4 Å². The summed E-state index contributed by atoms with van der Waals surface area (Å²) in [5.74, 6) is 0. The van der Waals surface area contributed by atoms with Crippen molar-refractivity contribution >= 4 is 12.1 Å². The van der Waals surface area contributed by atoms with Gasteiger partial charge < -0.3 is 5.32 Å². The molecule has 2 rings (SSSR count). The second-order valence-electron chi connectivity index (χ2n) is 2.79. The molecule has 2 aliphatic rings. The number of hydrogen-bond donors (Lipinski definition) is 1. The minimum Gasteiger partial charge on any atom is -0.328 e. The van der Waals surface area contributed by atoms with E-state index in [0.717, 1.165) is 16.8 Å². The molecule has 0 unspecified atom stereocenters. The molecule has 0 heterocycles. The summed E-state index contributed by atoms with van der Waals surface area (Å²) in [7, 11) is 0. The van der Waals surface area contributed by atoms with E-state index in [9.17, 15) is 4.79 Å². The highest BCUT2D eigenvalue weighted by Crippen LogP contribution is 2.30. The number of carbonyl (C=O) groups is 1. The second kappa shape index (κ2) is 3.27. The van der Waals surface area contributed by atoms with E-state index in [1.807, 2.05) is 42.5 Å². The predicted molar refractivity (Wildman–Crippen MR) is 52.8 cm³/mol. The third-order valence-corrected chi connectivity index (χ3v) is 2.01. The highest BCUT2D eigenvalue weighted by Gasteiger charge is 2.05. The fraction of sp³-hybridized carbons (Fsp3) is 0. The van der Waals surface area contributed by atoms with Crippen molar-refractivity contribution in [1.82, 2.24) is 0 Å². The van der Waals surface area contributed by atoms with E-state index in [4.69, 9.17) is 0 Å². The molecule has 2 nitrogen and oxygen atoms in total. The Morgan fingerprint density at radius 2 is 1.85 bits per heavy atom. The van der Waals surface area contributed by atoms with Gasteiger partial charge in [-0.2, -0.15) is 0 Å². The van der Waals surface area contributed by atoms with Gasteiger partial charge in [-0.25, -0.2) is 0 Å². The van der Waals surface area contributed by atoms with Crippen molar-refractivity contribution in [2.45, 2.75) is 0 Å². The Morgan fingerprint density at radius 3 is 2.69 bits per heavy atom. The SMILES string of the molecule is O=CNc1ccc2cccccc1-2. The lowest BCUT2D eigenvalue weighted by atomic mass is 10.2. The van der Waals surface area contributed by atoms with Crippen LogP contribution in [0, 0.1) is 0 Å². The van der Waals surface area contributed by atoms with Crippen LogP contribution >= 0.6 is 0 Å². The van der Waals surface area contributed by atoms with Crippen molar-refractivity contribution in [1.29, 1.82) is 0 Å². The van der Waals surface area contributed by atoms with E-state index >= 15 is 0 Å². The Bertz CT molecular complexity index is 397. The summed E-state index contributed by atoms with van der Waals surface area (Å²) in [6.45, 7) is 0. The van der Waals surface area contributed by atoms with Gasteiger partial charge >= 0.3 is 0 Å². The molecule has 0 saturated heterocycles. The molecule has 0 aliphatic heterocycles. The van der Waals surface area contributed by atoms with E-state index in [2.05, 4.69) is 5.32 Å². The molecule has 2 aliphatic carbocycles. The topological polar surface area (TPSA) is 29.1 Å². The Morgan fingerprint density at radius 1 is 1.00 bits per heavy atom. The highest BCUT2D eigenvalue weighted by molar-refractivity contribution is 5.87. The average molecular weight is 171 g/mol. The molecule has 0 aromatic carbocycles. The lowest BCUT2D eigenvalue weighted by Gasteiger charge is -1.97. The molecule has 0 spiro atoms. The molecule has 0 aromatic heterocycles. The monoisotopic (exact) mass is 171 g/mol. The standard InChI is InChI=1S/C11H9NO/c13-8-12-11-7-6-9-4-2-1-3-5-10(9)11/h1-8H,(H,12,13). The molecule has 0 aromatic rings. The van der Waals surface area contributed by atoms with Gasteiger partial charge in [0.05, 0.1) is 0 Å². The van der Waals surface area contributed by atoms with E-state index in [-0.39, 0.29) is 0 Å². The van der Waals surface area contributed by atoms with Crippen molar-refractivity contribution in [2.24, 2.45) is 0 Å². The molecule has 2 heteroatoms. The number of nitrogens with one attached hydrogen (secondary N) is 1. The number of rotatable bonds is 2. The summed E-state index contributed by atoms with van der Waals surface area (Å²) in [4.78, 5) is 10.3. The van der Waals surface area contributed by atoms with Crippen LogP contribution in [0.15, 0.2) is 42.5 Å². The number of fused-ring (bicyclic) bond motifs is 1. The summed E-state index contributed by atoms with van der Waals surface area (Å²) in [6, 6.07) is 13.8. The maximum atomic E-state index is 10.3. The molecular formula is C11H9NO. The molecule has 0 atom stereocenters. The molecule has 1 amide bonds. The van der Waals surface area contributed by atoms with Gasteiger partial charge in [0.1, 0.15) is 0 Å². The zero-order chi connectivity index (χ0) is 9.10. The number of carbonyl (C=O) groups excluding carboxylic acids is 1. The van der Waals surface area contributed by atoms with Gasteiger partial charge in [-0.05, 0) is 11.6 Å². The minimum atomic E-state index is 0.696. The van der Waals surface area contributed by atoms with Crippen molar-refractivity contribution in [3.05, 3.63) is 42.5 Å². The first-order valence-corrected chi connectivity index (χ1v) is 4.10. The van der Waals surface area contributed by atoms with Gasteiger partial charge in [0.25, 0.3) is 0 Å². The minimum absolute atomic E-state index is 0.696. The summed E-state index contributed by atoms with van der Waals surface area (Å²) < 4.78 is 0. The Labute approximate surface area is 76.5 Å². The molecule has 64 valence electrons. The van der Waals surface area contributed by atoms with Gasteiger partial charge in [-0.3, -0.25) is 4.79 Å². The third kappa shape index (κ3) is 1.38. The largest absolute Gasteiger partial charge is 0.328 e. The molecule has 0 fully saturated rings. The van der Waals surface area contributed by atoms with Crippen LogP contribution in [0.25, 0.3) is 11.1 Å². The van der Waals surface area contributed by atoms with Crippen LogP contribution in [0.3, 0.4) is 0 Å². The molecule has 1 N–H and O–H groups in total. The normalized spacial score (nSPS) is 9.85. The van der Waals surface area contributed by atoms with E-state index in [0.29, 0.717) is 6.41 Å². The lowest BCUT2D eigenvalue weighted by Crippen LogP contribution is -1.91. The molecule has 0 saturated carbocycles. The van der Waals surface area contributed by atoms with E-state index in [1.165, 1.54) is 0 Å². The molecule has 13 heavy (non-hydrogen) atoms. The van der Waals surface area contributed by atoms with Crippen LogP contribution in [-0.2, 0) is 4.79 Å². The first-order valence-electron chi connectivity index (χ1n) is 4.10. The Balaban J connectivity index is 2.54. The van der Waals surface area contributed by atoms with E-state index < -0.39 is 0 Å². The third-order valence-electron chi connectivity index (χ3n) is 2.01. The zero-order valence-corrected chi connectivity index (χ0v) is 7.03. The predicted octanol–water partition coefficient (Wildman–Crippen LogP) is 2.36. The van der Waals surface area contributed by atoms with Crippen LogP contribution in [0.5, 0.6) is 0 Å². The zero-order valence-electron chi connectivity index (χ0n) is 7.03. The van der Waals surface area contributed by atoms with Crippen molar-refractivity contribution in [3.8, 4) is 11.1 Å². The maximum Gasteiger partial charge on any atom is 0.211 e. The van der Waals surface area contributed by atoms with Crippen molar-refractivity contribution < 1.29 is 4.79 Å². The lowest BCUT2D eigenvalue weighted by molar-refractivity contribution is -0.105. The number of amides is 1. The fourth-order valence-electron chi connectivity index (χ4n) is 1.40. The first-order chi connectivity index (χ1) is 6.42. The quantitative estimate of drug-likeness (QED) is 0.690. The van der Waals surface area contributed by atoms with Crippen LogP contribution in [0.2, 0.25) is 0 Å². The second-order valence-corrected chi connectivity index (χ2v) is 2.79. The highest BCUT2D eigenvalue weighted by atomic mass is 16.1. The summed E-state index contributed by atoms with van der Waals surface area (Å²) >= 11 is 0. The fourth-order valence-corrected chi connectivity index (χ4v) is 1.40. The van der Waals surface area contributed by atoms with Gasteiger partial charge in [0.2, 0.25) is 6.41 Å². The first kappa shape index (κ1) is 7.80. The molecule has 0 radical (unpaired) electrons. The molecule has 0 bridgehead atoms. The van der Waals surface area contributed by atoms with Gasteiger partial charge in [0.15, 0.2) is 0 Å². The maximum absolute atomic E-state index is 10.3. The summed E-state index contributed by atoms with van der Waals surface area (Å²) in [5, 5.41) is 2.66. The summed E-state index contributed by atoms with van der Waals surface area (Å²) in [6.07, 6.45) is 0.696. The van der Waals surface area contributed by atoms with Crippen LogP contribution in [0.1, 0.15) is 0 Å². The van der Waals surface area contributed by atoms with Gasteiger partial charge in [-0.15, -0.1) is 0 Å². The number of anilines is 1. The van der Waals surface area contributed by atoms with Crippen molar-refractivity contribution in [2.75, 3.05) is 5.32 Å². The van der Waals surface area contributed by atoms with Crippen LogP contribution in [-0.4, -0.2) is 6.41 Å². The van der Waals surface area contributed by atoms with E-state index in [1.54, 1.807) is 0 Å². The van der Waals surface area contributed by atoms with Crippen LogP contribution in [0.4, 0.5) is 5.69 Å². The summed E-state index contributed by atoms with van der Waals surface area (Å²) in [5.41, 5.74) is 3.06. The smallest absolute Gasteiger partial charge is 0.211 e. The number of hydrogen-bond acceptors (Lipinski definition) is 1. The van der Waals surface area contributed by atoms with Gasteiger partial charge in [0, 0.05) is 11.3 Å².